The number of alkyl halides is 1. The standard InChI is InChI=1S/C20H34FN4O11P/c1-7-34-15(27)12(3)23-37(32,24-13(4)16(28)35-8-2)36-11-20(21,33-6)17(29)19(5,31)25-10-9-14(26)22-18(25)30/h9-10,12-13,17,29,31H,7-8,11H2,1-6H3,(H,22,26,30)(H2,23,24,32)/t12?,13?,17-,19+,20+,37?/m0/s1. The summed E-state index contributed by atoms with van der Waals surface area (Å²) in [6.07, 6.45) is -1.75. The molecule has 0 aliphatic carbocycles. The maximum absolute atomic E-state index is 15.8. The lowest BCUT2D eigenvalue weighted by Gasteiger charge is -2.39. The highest BCUT2D eigenvalue weighted by atomic mass is 31.2. The van der Waals surface area contributed by atoms with Gasteiger partial charge in [0.2, 0.25) is 0 Å². The van der Waals surface area contributed by atoms with Crippen LogP contribution in [0.2, 0.25) is 0 Å². The number of aliphatic hydroxyl groups is 2. The fourth-order valence-electron chi connectivity index (χ4n) is 3.00. The average Bonchev–Trinajstić information content (AvgIpc) is 2.82. The summed E-state index contributed by atoms with van der Waals surface area (Å²) in [6.45, 7) is 5.14. The number of H-pyrrole nitrogens is 1. The van der Waals surface area contributed by atoms with E-state index in [-0.39, 0.29) is 13.2 Å². The van der Waals surface area contributed by atoms with E-state index in [0.717, 1.165) is 26.3 Å². The van der Waals surface area contributed by atoms with Gasteiger partial charge in [0, 0.05) is 19.4 Å². The van der Waals surface area contributed by atoms with Crippen LogP contribution in [0.3, 0.4) is 0 Å². The Morgan fingerprint density at radius 1 is 1.16 bits per heavy atom. The Kier molecular flexibility index (Phi) is 11.8. The Morgan fingerprint density at radius 2 is 1.65 bits per heavy atom. The van der Waals surface area contributed by atoms with Gasteiger partial charge in [-0.15, -0.1) is 0 Å². The Hall–Kier alpha value is -2.46. The van der Waals surface area contributed by atoms with Gasteiger partial charge in [0.15, 0.2) is 11.8 Å². The van der Waals surface area contributed by atoms with Crippen molar-refractivity contribution in [3.05, 3.63) is 33.1 Å². The first-order valence-corrected chi connectivity index (χ1v) is 12.8. The predicted octanol–water partition coefficient (Wildman–Crippen LogP) is -0.918. The van der Waals surface area contributed by atoms with E-state index in [1.54, 1.807) is 13.8 Å². The van der Waals surface area contributed by atoms with Crippen LogP contribution in [0.4, 0.5) is 4.39 Å². The van der Waals surface area contributed by atoms with Gasteiger partial charge in [-0.3, -0.25) is 33.0 Å². The molecule has 1 rings (SSSR count). The van der Waals surface area contributed by atoms with Crippen LogP contribution in [-0.4, -0.2) is 82.7 Å². The lowest BCUT2D eigenvalue weighted by atomic mass is 10.0. The summed E-state index contributed by atoms with van der Waals surface area (Å²) in [7, 11) is -3.71. The topological polar surface area (TPSA) is 208 Å². The Morgan fingerprint density at radius 3 is 2.05 bits per heavy atom. The van der Waals surface area contributed by atoms with Crippen LogP contribution in [0.1, 0.15) is 34.6 Å². The van der Waals surface area contributed by atoms with Gasteiger partial charge in [-0.05, 0) is 34.6 Å². The van der Waals surface area contributed by atoms with Crippen molar-refractivity contribution < 1.29 is 47.5 Å². The molecular weight excluding hydrogens is 522 g/mol. The van der Waals surface area contributed by atoms with E-state index in [2.05, 4.69) is 10.2 Å². The smallest absolute Gasteiger partial charge is 0.342 e. The molecule has 5 N–H and O–H groups in total. The van der Waals surface area contributed by atoms with Gasteiger partial charge in [-0.2, -0.15) is 0 Å². The number of aromatic nitrogens is 2. The van der Waals surface area contributed by atoms with E-state index >= 15 is 4.39 Å². The molecule has 17 heteroatoms. The number of hydrogen-bond donors (Lipinski definition) is 5. The molecule has 0 aliphatic rings. The molecule has 15 nitrogen and oxygen atoms in total. The van der Waals surface area contributed by atoms with Crippen LogP contribution in [-0.2, 0) is 38.6 Å². The van der Waals surface area contributed by atoms with Crippen LogP contribution in [0, 0.1) is 0 Å². The number of nitrogens with one attached hydrogen (secondary N) is 3. The molecule has 0 aliphatic heterocycles. The zero-order valence-electron chi connectivity index (χ0n) is 21.3. The summed E-state index contributed by atoms with van der Waals surface area (Å²) < 4.78 is 49.3. The van der Waals surface area contributed by atoms with E-state index in [4.69, 9.17) is 18.7 Å². The Balaban J connectivity index is 3.28. The van der Waals surface area contributed by atoms with Crippen molar-refractivity contribution in [1.29, 1.82) is 0 Å². The van der Waals surface area contributed by atoms with Crippen LogP contribution < -0.4 is 21.4 Å². The number of aromatic amines is 1. The maximum atomic E-state index is 15.8. The third kappa shape index (κ3) is 8.53. The SMILES string of the molecule is CCOC(=O)C(C)NP(=O)(NC(C)C(=O)OCC)OC[C@@](F)(OC)[C@@H](O)[C@@](C)(O)n1ccc(=O)[nH]c1=O. The van der Waals surface area contributed by atoms with E-state index in [1.165, 1.54) is 13.8 Å². The van der Waals surface area contributed by atoms with Crippen molar-refractivity contribution in [2.75, 3.05) is 26.9 Å². The number of ether oxygens (including phenoxy) is 3. The number of halogens is 1. The van der Waals surface area contributed by atoms with E-state index in [1.807, 2.05) is 4.98 Å². The minimum absolute atomic E-state index is 0.00529. The molecule has 0 radical (unpaired) electrons. The first kappa shape index (κ1) is 32.6. The van der Waals surface area contributed by atoms with Gasteiger partial charge < -0.3 is 24.4 Å². The second-order valence-electron chi connectivity index (χ2n) is 8.00. The molecule has 1 heterocycles. The molecule has 0 fully saturated rings. The summed E-state index contributed by atoms with van der Waals surface area (Å²) in [6, 6.07) is -1.68. The number of methoxy groups -OCH3 is 1. The summed E-state index contributed by atoms with van der Waals surface area (Å²) in [5, 5.41) is 26.0. The lowest BCUT2D eigenvalue weighted by Crippen LogP contribution is -2.59. The first-order chi connectivity index (χ1) is 17.1. The molecule has 212 valence electrons. The maximum Gasteiger partial charge on any atom is 0.342 e. The largest absolute Gasteiger partial charge is 0.465 e. The molecule has 0 amide bonds. The molecule has 1 aromatic heterocycles. The third-order valence-electron chi connectivity index (χ3n) is 5.03. The summed E-state index contributed by atoms with van der Waals surface area (Å²) in [5.74, 6) is -5.00. The highest BCUT2D eigenvalue weighted by Crippen LogP contribution is 2.42. The molecule has 1 aromatic rings. The molecular formula is C20H34FN4O11P. The molecule has 0 saturated carbocycles. The van der Waals surface area contributed by atoms with Gasteiger partial charge in [-0.1, -0.05) is 0 Å². The van der Waals surface area contributed by atoms with Gasteiger partial charge in [0.05, 0.1) is 13.2 Å². The van der Waals surface area contributed by atoms with Crippen molar-refractivity contribution >= 4 is 19.6 Å². The minimum atomic E-state index is -4.51. The monoisotopic (exact) mass is 556 g/mol. The van der Waals surface area contributed by atoms with Crippen molar-refractivity contribution in [1.82, 2.24) is 19.7 Å². The highest BCUT2D eigenvalue weighted by Gasteiger charge is 2.52. The van der Waals surface area contributed by atoms with Gasteiger partial charge >= 0.3 is 25.3 Å². The number of nitrogens with zero attached hydrogens (tertiary/aromatic N) is 1. The number of aliphatic hydroxyl groups excluding tert-OH is 1. The van der Waals surface area contributed by atoms with E-state index < -0.39 is 67.2 Å². The number of carbonyl (C=O) groups excluding carboxylic acids is 2. The number of rotatable bonds is 15. The first-order valence-electron chi connectivity index (χ1n) is 11.2. The number of esters is 2. The molecule has 0 aromatic carbocycles. The van der Waals surface area contributed by atoms with Crippen LogP contribution in [0.25, 0.3) is 0 Å². The fraction of sp³-hybridized carbons (Fsp3) is 0.700. The van der Waals surface area contributed by atoms with Gasteiger partial charge in [-0.25, -0.2) is 19.4 Å². The second kappa shape index (κ2) is 13.4. The van der Waals surface area contributed by atoms with Crippen LogP contribution >= 0.6 is 7.67 Å². The third-order valence-corrected chi connectivity index (χ3v) is 6.98. The molecule has 37 heavy (non-hydrogen) atoms. The Labute approximate surface area is 211 Å². The zero-order valence-corrected chi connectivity index (χ0v) is 22.2. The zero-order chi connectivity index (χ0) is 28.6. The fourth-order valence-corrected chi connectivity index (χ4v) is 4.82. The average molecular weight is 556 g/mol. The molecule has 2 unspecified atom stereocenters. The lowest BCUT2D eigenvalue weighted by molar-refractivity contribution is -0.272. The molecule has 0 bridgehead atoms. The van der Waals surface area contributed by atoms with Crippen molar-refractivity contribution in [2.24, 2.45) is 0 Å². The van der Waals surface area contributed by atoms with Crippen molar-refractivity contribution in [3.8, 4) is 0 Å². The van der Waals surface area contributed by atoms with E-state index in [9.17, 15) is 34.0 Å². The van der Waals surface area contributed by atoms with Crippen LogP contribution in [0.5, 0.6) is 0 Å². The molecule has 0 spiro atoms. The van der Waals surface area contributed by atoms with Crippen molar-refractivity contribution in [3.63, 3.8) is 0 Å². The minimum Gasteiger partial charge on any atom is -0.465 e. The van der Waals surface area contributed by atoms with E-state index in [0.29, 0.717) is 4.57 Å². The van der Waals surface area contributed by atoms with Crippen molar-refractivity contribution in [2.45, 2.75) is 64.4 Å². The van der Waals surface area contributed by atoms with Gasteiger partial charge in [0.25, 0.3) is 11.4 Å². The quantitative estimate of drug-likeness (QED) is 0.131. The van der Waals surface area contributed by atoms with Gasteiger partial charge in [0.1, 0.15) is 18.7 Å². The number of hydrogen-bond acceptors (Lipinski definition) is 11. The highest BCUT2D eigenvalue weighted by molar-refractivity contribution is 7.54. The second-order valence-corrected chi connectivity index (χ2v) is 9.88. The summed E-state index contributed by atoms with van der Waals surface area (Å²) >= 11 is 0. The Bertz CT molecular complexity index is 1060. The summed E-state index contributed by atoms with van der Waals surface area (Å²) in [4.78, 5) is 49.3. The predicted molar refractivity (Wildman–Crippen MR) is 126 cm³/mol. The normalized spacial score (nSPS) is 18.9. The summed E-state index contributed by atoms with van der Waals surface area (Å²) in [5.41, 5.74) is -4.69. The molecule has 0 saturated heterocycles. The molecule has 5 atom stereocenters. The van der Waals surface area contributed by atoms with Crippen LogP contribution in [0.15, 0.2) is 21.9 Å². The number of carbonyl (C=O) groups is 2.